The van der Waals surface area contributed by atoms with Gasteiger partial charge in [-0.3, -0.25) is 0 Å². The molecule has 0 radical (unpaired) electrons. The molecule has 0 saturated heterocycles. The molecule has 1 unspecified atom stereocenters. The normalized spacial score (nSPS) is 12.5. The molecule has 6 nitrogen and oxygen atoms in total. The Morgan fingerprint density at radius 1 is 0.903 bits per heavy atom. The first-order valence-electron chi connectivity index (χ1n) is 9.44. The van der Waals surface area contributed by atoms with Crippen LogP contribution >= 0.6 is 0 Å². The second-order valence-electron chi connectivity index (χ2n) is 6.84. The third-order valence-corrected chi connectivity index (χ3v) is 4.63. The summed E-state index contributed by atoms with van der Waals surface area (Å²) < 4.78 is 38.3. The molecule has 0 amide bonds. The van der Waals surface area contributed by atoms with Gasteiger partial charge in [0, 0.05) is 16.9 Å². The zero-order valence-corrected chi connectivity index (χ0v) is 16.2. The molecule has 0 aliphatic heterocycles. The zero-order chi connectivity index (χ0) is 21.8. The van der Waals surface area contributed by atoms with Crippen molar-refractivity contribution >= 4 is 11.4 Å². The Morgan fingerprint density at radius 3 is 2.29 bits per heavy atom. The molecular formula is C22H18F3N5O. The SMILES string of the molecule is OC(Cn1nnc(-c2ccccc2Nc2ccc(C(F)(F)F)cc2)n1)c1ccccc1. The van der Waals surface area contributed by atoms with Crippen molar-refractivity contribution in [1.82, 2.24) is 20.2 Å². The van der Waals surface area contributed by atoms with Gasteiger partial charge in [0.1, 0.15) is 6.10 Å². The molecule has 158 valence electrons. The van der Waals surface area contributed by atoms with Gasteiger partial charge in [-0.25, -0.2) is 0 Å². The van der Waals surface area contributed by atoms with Crippen LogP contribution in [-0.2, 0) is 12.7 Å². The van der Waals surface area contributed by atoms with Crippen LogP contribution in [0.15, 0.2) is 78.9 Å². The Kier molecular flexibility index (Phi) is 5.68. The lowest BCUT2D eigenvalue weighted by Gasteiger charge is -2.12. The van der Waals surface area contributed by atoms with E-state index in [0.717, 1.165) is 17.7 Å². The van der Waals surface area contributed by atoms with E-state index >= 15 is 0 Å². The lowest BCUT2D eigenvalue weighted by atomic mass is 10.1. The average molecular weight is 425 g/mol. The van der Waals surface area contributed by atoms with Gasteiger partial charge in [0.05, 0.1) is 12.1 Å². The zero-order valence-electron chi connectivity index (χ0n) is 16.2. The fourth-order valence-corrected chi connectivity index (χ4v) is 3.05. The number of anilines is 2. The number of aliphatic hydroxyl groups is 1. The van der Waals surface area contributed by atoms with E-state index in [1.165, 1.54) is 16.9 Å². The molecular weight excluding hydrogens is 407 g/mol. The first-order valence-corrected chi connectivity index (χ1v) is 9.44. The van der Waals surface area contributed by atoms with Crippen LogP contribution in [0.4, 0.5) is 24.5 Å². The van der Waals surface area contributed by atoms with E-state index in [1.54, 1.807) is 24.3 Å². The number of hydrogen-bond donors (Lipinski definition) is 2. The third kappa shape index (κ3) is 4.89. The molecule has 0 aliphatic carbocycles. The molecule has 1 aromatic heterocycles. The lowest BCUT2D eigenvalue weighted by molar-refractivity contribution is -0.137. The minimum absolute atomic E-state index is 0.130. The maximum absolute atomic E-state index is 12.8. The lowest BCUT2D eigenvalue weighted by Crippen LogP contribution is -2.11. The molecule has 0 saturated carbocycles. The van der Waals surface area contributed by atoms with Gasteiger partial charge in [-0.15, -0.1) is 10.2 Å². The molecule has 1 heterocycles. The second-order valence-corrected chi connectivity index (χ2v) is 6.84. The van der Waals surface area contributed by atoms with E-state index in [0.29, 0.717) is 22.8 Å². The topological polar surface area (TPSA) is 75.9 Å². The van der Waals surface area contributed by atoms with Crippen molar-refractivity contribution in [1.29, 1.82) is 0 Å². The van der Waals surface area contributed by atoms with E-state index < -0.39 is 17.8 Å². The molecule has 0 fully saturated rings. The van der Waals surface area contributed by atoms with Crippen LogP contribution in [0.5, 0.6) is 0 Å². The fourth-order valence-electron chi connectivity index (χ4n) is 3.05. The summed E-state index contributed by atoms with van der Waals surface area (Å²) >= 11 is 0. The Hall–Kier alpha value is -3.72. The molecule has 0 bridgehead atoms. The first-order chi connectivity index (χ1) is 14.9. The van der Waals surface area contributed by atoms with Gasteiger partial charge in [0.15, 0.2) is 0 Å². The highest BCUT2D eigenvalue weighted by molar-refractivity contribution is 5.77. The van der Waals surface area contributed by atoms with E-state index in [1.807, 2.05) is 30.3 Å². The van der Waals surface area contributed by atoms with Gasteiger partial charge in [-0.1, -0.05) is 42.5 Å². The number of aromatic nitrogens is 4. The van der Waals surface area contributed by atoms with Gasteiger partial charge in [-0.05, 0) is 47.2 Å². The molecule has 2 N–H and O–H groups in total. The Balaban J connectivity index is 1.52. The summed E-state index contributed by atoms with van der Waals surface area (Å²) in [4.78, 5) is 1.31. The van der Waals surface area contributed by atoms with Crippen LogP contribution in [0.3, 0.4) is 0 Å². The number of benzene rings is 3. The summed E-state index contributed by atoms with van der Waals surface area (Å²) in [5, 5.41) is 25.9. The van der Waals surface area contributed by atoms with Gasteiger partial charge >= 0.3 is 6.18 Å². The van der Waals surface area contributed by atoms with Crippen LogP contribution in [0.2, 0.25) is 0 Å². The fraction of sp³-hybridized carbons (Fsp3) is 0.136. The number of hydrogen-bond acceptors (Lipinski definition) is 5. The van der Waals surface area contributed by atoms with Crippen molar-refractivity contribution in [3.8, 4) is 11.4 Å². The third-order valence-electron chi connectivity index (χ3n) is 4.63. The minimum Gasteiger partial charge on any atom is -0.386 e. The summed E-state index contributed by atoms with van der Waals surface area (Å²) in [6.45, 7) is 0.130. The minimum atomic E-state index is -4.39. The van der Waals surface area contributed by atoms with Crippen molar-refractivity contribution < 1.29 is 18.3 Å². The highest BCUT2D eigenvalue weighted by atomic mass is 19.4. The second kappa shape index (κ2) is 8.57. The number of rotatable bonds is 6. The molecule has 0 spiro atoms. The number of alkyl halides is 3. The van der Waals surface area contributed by atoms with E-state index in [2.05, 4.69) is 20.7 Å². The molecule has 9 heteroatoms. The van der Waals surface area contributed by atoms with Crippen molar-refractivity contribution in [3.05, 3.63) is 90.0 Å². The van der Waals surface area contributed by atoms with Gasteiger partial charge in [0.2, 0.25) is 5.82 Å². The van der Waals surface area contributed by atoms with Crippen LogP contribution in [0, 0.1) is 0 Å². The van der Waals surface area contributed by atoms with Crippen LogP contribution in [-0.4, -0.2) is 25.3 Å². The summed E-state index contributed by atoms with van der Waals surface area (Å²) in [6.07, 6.45) is -5.17. The molecule has 3 aromatic carbocycles. The van der Waals surface area contributed by atoms with Crippen molar-refractivity contribution in [2.75, 3.05) is 5.32 Å². The van der Waals surface area contributed by atoms with E-state index in [-0.39, 0.29) is 6.54 Å². The number of nitrogens with one attached hydrogen (secondary N) is 1. The largest absolute Gasteiger partial charge is 0.416 e. The van der Waals surface area contributed by atoms with E-state index in [4.69, 9.17) is 0 Å². The molecule has 31 heavy (non-hydrogen) atoms. The maximum Gasteiger partial charge on any atom is 0.416 e. The number of nitrogens with zero attached hydrogens (tertiary/aromatic N) is 4. The summed E-state index contributed by atoms with van der Waals surface area (Å²) in [6, 6.07) is 21.1. The van der Waals surface area contributed by atoms with Crippen LogP contribution in [0.25, 0.3) is 11.4 Å². The molecule has 0 aliphatic rings. The van der Waals surface area contributed by atoms with Crippen molar-refractivity contribution in [2.24, 2.45) is 0 Å². The number of aliphatic hydroxyl groups excluding tert-OH is 1. The quantitative estimate of drug-likeness (QED) is 0.463. The van der Waals surface area contributed by atoms with Gasteiger partial charge in [-0.2, -0.15) is 18.0 Å². The van der Waals surface area contributed by atoms with Gasteiger partial charge < -0.3 is 10.4 Å². The van der Waals surface area contributed by atoms with Crippen molar-refractivity contribution in [3.63, 3.8) is 0 Å². The highest BCUT2D eigenvalue weighted by Crippen LogP contribution is 2.32. The first kappa shape index (κ1) is 20.5. The molecule has 4 aromatic rings. The van der Waals surface area contributed by atoms with Crippen LogP contribution in [0.1, 0.15) is 17.2 Å². The monoisotopic (exact) mass is 425 g/mol. The predicted molar refractivity (Wildman–Crippen MR) is 109 cm³/mol. The van der Waals surface area contributed by atoms with Crippen molar-refractivity contribution in [2.45, 2.75) is 18.8 Å². The van der Waals surface area contributed by atoms with Gasteiger partial charge in [0.25, 0.3) is 0 Å². The number of tetrazole rings is 1. The summed E-state index contributed by atoms with van der Waals surface area (Å²) in [5.74, 6) is 0.329. The smallest absolute Gasteiger partial charge is 0.386 e. The van der Waals surface area contributed by atoms with Crippen LogP contribution < -0.4 is 5.32 Å². The number of para-hydroxylation sites is 1. The average Bonchev–Trinajstić information content (AvgIpc) is 3.23. The summed E-state index contributed by atoms with van der Waals surface area (Å²) in [7, 11) is 0. The Morgan fingerprint density at radius 2 is 1.58 bits per heavy atom. The Labute approximate surface area is 176 Å². The number of halogens is 3. The predicted octanol–water partition coefficient (Wildman–Crippen LogP) is 4.84. The standard InChI is InChI=1S/C22H18F3N5O/c23-22(24,25)16-10-12-17(13-11-16)26-19-9-5-4-8-18(19)21-27-29-30(28-21)14-20(31)15-6-2-1-3-7-15/h1-13,20,26,31H,14H2. The Bertz CT molecular complexity index is 1140. The van der Waals surface area contributed by atoms with E-state index in [9.17, 15) is 18.3 Å². The molecule has 1 atom stereocenters. The summed E-state index contributed by atoms with van der Waals surface area (Å²) in [5.41, 5.74) is 1.76. The molecule has 4 rings (SSSR count). The highest BCUT2D eigenvalue weighted by Gasteiger charge is 2.30. The maximum atomic E-state index is 12.8.